The molecule has 0 unspecified atom stereocenters. The first-order chi connectivity index (χ1) is 10.7. The summed E-state index contributed by atoms with van der Waals surface area (Å²) in [5.41, 5.74) is 0.597. The Morgan fingerprint density at radius 2 is 1.96 bits per heavy atom. The summed E-state index contributed by atoms with van der Waals surface area (Å²) < 4.78 is 13.1. The molecule has 2 aromatic carbocycles. The van der Waals surface area contributed by atoms with Gasteiger partial charge in [0.2, 0.25) is 5.75 Å². The molecule has 2 rings (SSSR count). The molecule has 0 fully saturated rings. The van der Waals surface area contributed by atoms with Gasteiger partial charge in [-0.05, 0) is 37.6 Å². The Balaban J connectivity index is 2.57. The predicted molar refractivity (Wildman–Crippen MR) is 87.9 cm³/mol. The van der Waals surface area contributed by atoms with E-state index in [4.69, 9.17) is 23.2 Å². The van der Waals surface area contributed by atoms with Crippen molar-refractivity contribution in [3.8, 4) is 5.75 Å². The number of rotatable bonds is 3. The zero-order chi connectivity index (χ0) is 17.3. The van der Waals surface area contributed by atoms with E-state index in [-0.39, 0.29) is 21.2 Å². The normalized spacial score (nSPS) is 11.2. The highest BCUT2D eigenvalue weighted by Gasteiger charge is 2.25. The first-order valence-electron chi connectivity index (χ1n) is 6.39. The van der Waals surface area contributed by atoms with Crippen LogP contribution in [0, 0.1) is 29.8 Å². The third-order valence-corrected chi connectivity index (χ3v) is 4.18. The van der Waals surface area contributed by atoms with E-state index in [9.17, 15) is 19.6 Å². The third kappa shape index (κ3) is 3.28. The second-order valence-corrected chi connectivity index (χ2v) is 5.57. The smallest absolute Gasteiger partial charge is 0.315 e. The van der Waals surface area contributed by atoms with Gasteiger partial charge in [-0.3, -0.25) is 15.1 Å². The summed E-state index contributed by atoms with van der Waals surface area (Å²) in [6.07, 6.45) is 1.23. The molecule has 2 aromatic rings. The van der Waals surface area contributed by atoms with Crippen molar-refractivity contribution in [2.45, 2.75) is 13.8 Å². The van der Waals surface area contributed by atoms with E-state index in [0.29, 0.717) is 11.3 Å². The van der Waals surface area contributed by atoms with Crippen LogP contribution in [0.15, 0.2) is 23.2 Å². The van der Waals surface area contributed by atoms with E-state index < -0.39 is 22.2 Å². The van der Waals surface area contributed by atoms with E-state index in [0.717, 1.165) is 6.07 Å². The zero-order valence-corrected chi connectivity index (χ0v) is 13.6. The van der Waals surface area contributed by atoms with Gasteiger partial charge in [-0.2, -0.15) is 0 Å². The number of phenolic OH excluding ortho intramolecular Hbond substituents is 1. The fourth-order valence-electron chi connectivity index (χ4n) is 2.07. The minimum absolute atomic E-state index is 0.103. The highest BCUT2D eigenvalue weighted by Crippen LogP contribution is 2.40. The van der Waals surface area contributed by atoms with Gasteiger partial charge in [-0.1, -0.05) is 23.2 Å². The van der Waals surface area contributed by atoms with E-state index in [1.54, 1.807) is 6.92 Å². The number of halogens is 3. The molecule has 0 heterocycles. The maximum Gasteiger partial charge on any atom is 0.315 e. The van der Waals surface area contributed by atoms with Crippen LogP contribution >= 0.6 is 23.2 Å². The standard InChI is InChI=1S/C15H11Cl2FN2O3/c1-7-10(6-19-9-3-4-12(18)11(16)5-9)15(21)14(20(22)23)8(2)13(7)17/h3-6,21H,1-2H3. The van der Waals surface area contributed by atoms with Gasteiger partial charge < -0.3 is 5.11 Å². The van der Waals surface area contributed by atoms with Gasteiger partial charge in [0.15, 0.2) is 0 Å². The molecule has 0 saturated heterocycles. The second kappa shape index (κ2) is 6.52. The molecule has 0 saturated carbocycles. The molecule has 0 amide bonds. The first-order valence-corrected chi connectivity index (χ1v) is 7.14. The fourth-order valence-corrected chi connectivity index (χ4v) is 2.44. The molecule has 23 heavy (non-hydrogen) atoms. The molecule has 0 aromatic heterocycles. The summed E-state index contributed by atoms with van der Waals surface area (Å²) in [6, 6.07) is 3.82. The Morgan fingerprint density at radius 3 is 2.52 bits per heavy atom. The SMILES string of the molecule is Cc1c(Cl)c(C)c([N+](=O)[O-])c(O)c1C=Nc1ccc(F)c(Cl)c1. The van der Waals surface area contributed by atoms with E-state index >= 15 is 0 Å². The lowest BCUT2D eigenvalue weighted by atomic mass is 10.0. The number of aromatic hydroxyl groups is 1. The molecule has 5 nitrogen and oxygen atoms in total. The molecule has 0 atom stereocenters. The van der Waals surface area contributed by atoms with Gasteiger partial charge in [0.1, 0.15) is 5.82 Å². The lowest BCUT2D eigenvalue weighted by Gasteiger charge is -2.10. The predicted octanol–water partition coefficient (Wildman–Crippen LogP) is 5.11. The van der Waals surface area contributed by atoms with Crippen LogP contribution in [0.1, 0.15) is 16.7 Å². The van der Waals surface area contributed by atoms with Crippen molar-refractivity contribution < 1.29 is 14.4 Å². The molecule has 0 aliphatic heterocycles. The Labute approximate surface area is 141 Å². The van der Waals surface area contributed by atoms with Crippen LogP contribution in [0.5, 0.6) is 5.75 Å². The summed E-state index contributed by atoms with van der Waals surface area (Å²) in [6.45, 7) is 3.06. The number of phenols is 1. The highest BCUT2D eigenvalue weighted by molar-refractivity contribution is 6.33. The summed E-state index contributed by atoms with van der Waals surface area (Å²) in [5.74, 6) is -1.11. The van der Waals surface area contributed by atoms with Crippen LogP contribution in [0.2, 0.25) is 10.0 Å². The summed E-state index contributed by atoms with van der Waals surface area (Å²) >= 11 is 11.7. The quantitative estimate of drug-likeness (QED) is 0.471. The van der Waals surface area contributed by atoms with Gasteiger partial charge in [0.25, 0.3) is 0 Å². The number of nitro groups is 1. The number of nitro benzene ring substituents is 1. The largest absolute Gasteiger partial charge is 0.502 e. The number of benzene rings is 2. The summed E-state index contributed by atoms with van der Waals surface area (Å²) in [5, 5.41) is 21.3. The van der Waals surface area contributed by atoms with Gasteiger partial charge in [0, 0.05) is 17.3 Å². The molecule has 0 spiro atoms. The van der Waals surface area contributed by atoms with E-state index in [2.05, 4.69) is 4.99 Å². The third-order valence-electron chi connectivity index (χ3n) is 3.33. The average molecular weight is 357 g/mol. The Hall–Kier alpha value is -2.18. The fraction of sp³-hybridized carbons (Fsp3) is 0.133. The molecular weight excluding hydrogens is 346 g/mol. The summed E-state index contributed by atoms with van der Waals surface area (Å²) in [4.78, 5) is 14.4. The first kappa shape index (κ1) is 17.2. The lowest BCUT2D eigenvalue weighted by Crippen LogP contribution is -2.00. The van der Waals surface area contributed by atoms with Crippen LogP contribution < -0.4 is 0 Å². The maximum absolute atomic E-state index is 13.1. The Bertz CT molecular complexity index is 838. The molecule has 0 bridgehead atoms. The minimum Gasteiger partial charge on any atom is -0.502 e. The lowest BCUT2D eigenvalue weighted by molar-refractivity contribution is -0.386. The van der Waals surface area contributed by atoms with Crippen LogP contribution in [-0.4, -0.2) is 16.2 Å². The second-order valence-electron chi connectivity index (χ2n) is 4.79. The molecule has 120 valence electrons. The molecule has 0 aliphatic rings. The van der Waals surface area contributed by atoms with Crippen molar-refractivity contribution in [2.75, 3.05) is 0 Å². The van der Waals surface area contributed by atoms with Crippen LogP contribution in [-0.2, 0) is 0 Å². The number of hydrogen-bond donors (Lipinski definition) is 1. The topological polar surface area (TPSA) is 75.7 Å². The Morgan fingerprint density at radius 1 is 1.30 bits per heavy atom. The van der Waals surface area contributed by atoms with Crippen molar-refractivity contribution in [3.05, 3.63) is 60.9 Å². The number of hydrogen-bond acceptors (Lipinski definition) is 4. The summed E-state index contributed by atoms with van der Waals surface area (Å²) in [7, 11) is 0. The average Bonchev–Trinajstić information content (AvgIpc) is 2.48. The van der Waals surface area contributed by atoms with E-state index in [1.807, 2.05) is 0 Å². The zero-order valence-electron chi connectivity index (χ0n) is 12.1. The molecule has 1 N–H and O–H groups in total. The molecule has 0 aliphatic carbocycles. The van der Waals surface area contributed by atoms with Crippen LogP contribution in [0.3, 0.4) is 0 Å². The highest BCUT2D eigenvalue weighted by atomic mass is 35.5. The van der Waals surface area contributed by atoms with Gasteiger partial charge in [-0.25, -0.2) is 4.39 Å². The van der Waals surface area contributed by atoms with Crippen molar-refractivity contribution in [1.29, 1.82) is 0 Å². The van der Waals surface area contributed by atoms with Crippen molar-refractivity contribution in [1.82, 2.24) is 0 Å². The molecule has 0 radical (unpaired) electrons. The maximum atomic E-state index is 13.1. The minimum atomic E-state index is -0.706. The van der Waals surface area contributed by atoms with E-state index in [1.165, 1.54) is 25.3 Å². The Kier molecular flexibility index (Phi) is 4.87. The van der Waals surface area contributed by atoms with Gasteiger partial charge in [0.05, 0.1) is 20.7 Å². The molecular formula is C15H11Cl2FN2O3. The van der Waals surface area contributed by atoms with Gasteiger partial charge >= 0.3 is 5.69 Å². The van der Waals surface area contributed by atoms with Crippen molar-refractivity contribution in [2.24, 2.45) is 4.99 Å². The van der Waals surface area contributed by atoms with Crippen LogP contribution in [0.25, 0.3) is 0 Å². The molecule has 8 heteroatoms. The van der Waals surface area contributed by atoms with Crippen molar-refractivity contribution >= 4 is 40.8 Å². The van der Waals surface area contributed by atoms with Crippen molar-refractivity contribution in [3.63, 3.8) is 0 Å². The number of nitrogens with zero attached hydrogens (tertiary/aromatic N) is 2. The van der Waals surface area contributed by atoms with Crippen LogP contribution in [0.4, 0.5) is 15.8 Å². The number of aliphatic imine (C=N–C) groups is 1. The monoisotopic (exact) mass is 356 g/mol. The van der Waals surface area contributed by atoms with Gasteiger partial charge in [-0.15, -0.1) is 0 Å².